The third kappa shape index (κ3) is 3.85. The molecule has 100 valence electrons. The van der Waals surface area contributed by atoms with Crippen LogP contribution in [0.2, 0.25) is 0 Å². The van der Waals surface area contributed by atoms with Gasteiger partial charge in [-0.25, -0.2) is 8.78 Å². The lowest BCUT2D eigenvalue weighted by Crippen LogP contribution is -2.13. The topological polar surface area (TPSA) is 12.0 Å². The van der Waals surface area contributed by atoms with Crippen molar-refractivity contribution in [1.82, 2.24) is 5.32 Å². The van der Waals surface area contributed by atoms with Crippen molar-refractivity contribution >= 4 is 15.9 Å². The van der Waals surface area contributed by atoms with Gasteiger partial charge < -0.3 is 5.32 Å². The average Bonchev–Trinajstić information content (AvgIpc) is 2.38. The summed E-state index contributed by atoms with van der Waals surface area (Å²) in [5.74, 6) is -0.450. The zero-order chi connectivity index (χ0) is 13.8. The fraction of sp³-hybridized carbons (Fsp3) is 0.200. The molecule has 0 fully saturated rings. The summed E-state index contributed by atoms with van der Waals surface area (Å²) in [4.78, 5) is 0. The molecule has 2 aromatic rings. The third-order valence-corrected chi connectivity index (χ3v) is 3.65. The van der Waals surface area contributed by atoms with E-state index in [-0.39, 0.29) is 11.6 Å². The van der Waals surface area contributed by atoms with Crippen LogP contribution in [0.5, 0.6) is 0 Å². The van der Waals surface area contributed by atoms with E-state index in [2.05, 4.69) is 21.2 Å². The quantitative estimate of drug-likeness (QED) is 0.882. The Labute approximate surface area is 119 Å². The number of halogens is 3. The maximum absolute atomic E-state index is 13.1. The average molecular weight is 326 g/mol. The summed E-state index contributed by atoms with van der Waals surface area (Å²) < 4.78 is 27.1. The first-order valence-electron chi connectivity index (χ1n) is 5.96. The molecule has 2 rings (SSSR count). The molecular formula is C15H14BrF2N. The zero-order valence-corrected chi connectivity index (χ0v) is 12.1. The molecule has 2 aromatic carbocycles. The largest absolute Gasteiger partial charge is 0.309 e. The molecule has 0 bridgehead atoms. The predicted octanol–water partition coefficient (Wildman–Crippen LogP) is 4.33. The van der Waals surface area contributed by atoms with Gasteiger partial charge in [-0.2, -0.15) is 0 Å². The van der Waals surface area contributed by atoms with Crippen LogP contribution in [-0.2, 0) is 13.1 Å². The van der Waals surface area contributed by atoms with Gasteiger partial charge in [0.05, 0.1) is 0 Å². The third-order valence-electron chi connectivity index (χ3n) is 2.87. The predicted molar refractivity (Wildman–Crippen MR) is 75.8 cm³/mol. The Hall–Kier alpha value is -1.26. The van der Waals surface area contributed by atoms with E-state index in [0.29, 0.717) is 18.7 Å². The van der Waals surface area contributed by atoms with E-state index >= 15 is 0 Å². The van der Waals surface area contributed by atoms with Crippen LogP contribution in [0.3, 0.4) is 0 Å². The van der Waals surface area contributed by atoms with Gasteiger partial charge in [-0.1, -0.05) is 28.1 Å². The molecule has 0 amide bonds. The van der Waals surface area contributed by atoms with Crippen LogP contribution in [0.4, 0.5) is 8.78 Å². The lowest BCUT2D eigenvalue weighted by molar-refractivity contribution is 0.613. The molecule has 0 aliphatic rings. The van der Waals surface area contributed by atoms with Crippen molar-refractivity contribution in [2.75, 3.05) is 0 Å². The van der Waals surface area contributed by atoms with E-state index in [4.69, 9.17) is 0 Å². The van der Waals surface area contributed by atoms with Gasteiger partial charge in [-0.15, -0.1) is 0 Å². The summed E-state index contributed by atoms with van der Waals surface area (Å²) >= 11 is 3.38. The van der Waals surface area contributed by atoms with Crippen molar-refractivity contribution in [3.8, 4) is 0 Å². The smallest absolute Gasteiger partial charge is 0.126 e. The van der Waals surface area contributed by atoms with Crippen LogP contribution in [-0.4, -0.2) is 0 Å². The van der Waals surface area contributed by atoms with E-state index in [1.54, 1.807) is 19.1 Å². The van der Waals surface area contributed by atoms with Gasteiger partial charge in [-0.05, 0) is 47.9 Å². The SMILES string of the molecule is Cc1cc(CNCc2cc(F)ccc2Br)ccc1F. The first-order valence-corrected chi connectivity index (χ1v) is 6.75. The maximum Gasteiger partial charge on any atom is 0.126 e. The summed E-state index contributed by atoms with van der Waals surface area (Å²) in [7, 11) is 0. The number of hydrogen-bond donors (Lipinski definition) is 1. The van der Waals surface area contributed by atoms with Crippen LogP contribution in [0, 0.1) is 18.6 Å². The molecule has 0 atom stereocenters. The zero-order valence-electron chi connectivity index (χ0n) is 10.5. The van der Waals surface area contributed by atoms with Crippen molar-refractivity contribution in [3.05, 3.63) is 69.2 Å². The molecule has 0 aromatic heterocycles. The van der Waals surface area contributed by atoms with Gasteiger partial charge in [0, 0.05) is 17.6 Å². The number of rotatable bonds is 4. The summed E-state index contributed by atoms with van der Waals surface area (Å²) in [5, 5.41) is 3.21. The van der Waals surface area contributed by atoms with Crippen LogP contribution in [0.25, 0.3) is 0 Å². The molecule has 1 N–H and O–H groups in total. The number of benzene rings is 2. The molecule has 0 aliphatic carbocycles. The van der Waals surface area contributed by atoms with Crippen molar-refractivity contribution < 1.29 is 8.78 Å². The van der Waals surface area contributed by atoms with Gasteiger partial charge in [0.1, 0.15) is 11.6 Å². The van der Waals surface area contributed by atoms with Gasteiger partial charge in [0.2, 0.25) is 0 Å². The molecule has 0 saturated carbocycles. The molecule has 0 unspecified atom stereocenters. The molecular weight excluding hydrogens is 312 g/mol. The normalized spacial score (nSPS) is 10.7. The Morgan fingerprint density at radius 1 is 1.05 bits per heavy atom. The highest BCUT2D eigenvalue weighted by Gasteiger charge is 2.02. The summed E-state index contributed by atoms with van der Waals surface area (Å²) in [5.41, 5.74) is 2.50. The second kappa shape index (κ2) is 6.26. The van der Waals surface area contributed by atoms with Gasteiger partial charge in [0.25, 0.3) is 0 Å². The fourth-order valence-corrected chi connectivity index (χ4v) is 2.22. The number of aryl methyl sites for hydroxylation is 1. The van der Waals surface area contributed by atoms with Gasteiger partial charge >= 0.3 is 0 Å². The molecule has 0 aliphatic heterocycles. The molecule has 19 heavy (non-hydrogen) atoms. The minimum Gasteiger partial charge on any atom is -0.309 e. The lowest BCUT2D eigenvalue weighted by atomic mass is 10.1. The molecule has 0 saturated heterocycles. The van der Waals surface area contributed by atoms with Crippen molar-refractivity contribution in [1.29, 1.82) is 0 Å². The van der Waals surface area contributed by atoms with Crippen LogP contribution in [0.1, 0.15) is 16.7 Å². The minimum atomic E-state index is -0.252. The molecule has 4 heteroatoms. The summed E-state index contributed by atoms with van der Waals surface area (Å²) in [6, 6.07) is 9.61. The van der Waals surface area contributed by atoms with E-state index in [1.807, 2.05) is 6.07 Å². The minimum absolute atomic E-state index is 0.198. The number of hydrogen-bond acceptors (Lipinski definition) is 1. The highest BCUT2D eigenvalue weighted by Crippen LogP contribution is 2.17. The highest BCUT2D eigenvalue weighted by molar-refractivity contribution is 9.10. The van der Waals surface area contributed by atoms with Crippen molar-refractivity contribution in [2.45, 2.75) is 20.0 Å². The standard InChI is InChI=1S/C15H14BrF2N/c1-10-6-11(2-5-15(10)18)8-19-9-12-7-13(17)3-4-14(12)16/h2-7,19H,8-9H2,1H3. The Morgan fingerprint density at radius 2 is 1.84 bits per heavy atom. The first-order chi connectivity index (χ1) is 9.06. The van der Waals surface area contributed by atoms with Gasteiger partial charge in [0.15, 0.2) is 0 Å². The van der Waals surface area contributed by atoms with E-state index in [9.17, 15) is 8.78 Å². The van der Waals surface area contributed by atoms with Crippen LogP contribution >= 0.6 is 15.9 Å². The molecule has 1 nitrogen and oxygen atoms in total. The first kappa shape index (κ1) is 14.2. The van der Waals surface area contributed by atoms with E-state index < -0.39 is 0 Å². The Bertz CT molecular complexity index is 584. The molecule has 0 spiro atoms. The Kier molecular flexibility index (Phi) is 4.66. The molecule has 0 radical (unpaired) electrons. The van der Waals surface area contributed by atoms with Gasteiger partial charge in [-0.3, -0.25) is 0 Å². The van der Waals surface area contributed by atoms with E-state index in [1.165, 1.54) is 18.2 Å². The Balaban J connectivity index is 1.96. The van der Waals surface area contributed by atoms with Crippen LogP contribution in [0.15, 0.2) is 40.9 Å². The fourth-order valence-electron chi connectivity index (χ4n) is 1.84. The summed E-state index contributed by atoms with van der Waals surface area (Å²) in [6.07, 6.45) is 0. The van der Waals surface area contributed by atoms with Crippen LogP contribution < -0.4 is 5.32 Å². The maximum atomic E-state index is 13.1. The summed E-state index contributed by atoms with van der Waals surface area (Å²) in [6.45, 7) is 2.90. The monoisotopic (exact) mass is 325 g/mol. The highest BCUT2D eigenvalue weighted by atomic mass is 79.9. The van der Waals surface area contributed by atoms with E-state index in [0.717, 1.165) is 15.6 Å². The Morgan fingerprint density at radius 3 is 2.58 bits per heavy atom. The van der Waals surface area contributed by atoms with Crippen molar-refractivity contribution in [2.24, 2.45) is 0 Å². The number of nitrogens with one attached hydrogen (secondary N) is 1. The lowest BCUT2D eigenvalue weighted by Gasteiger charge is -2.08. The van der Waals surface area contributed by atoms with Crippen molar-refractivity contribution in [3.63, 3.8) is 0 Å². The second-order valence-electron chi connectivity index (χ2n) is 4.42. The second-order valence-corrected chi connectivity index (χ2v) is 5.28. The molecule has 0 heterocycles.